The molecule has 2 rings (SSSR count). The van der Waals surface area contributed by atoms with E-state index in [4.69, 9.17) is 9.84 Å². The quantitative estimate of drug-likeness (QED) is 0.696. The van der Waals surface area contributed by atoms with Crippen molar-refractivity contribution in [3.8, 4) is 0 Å². The topological polar surface area (TPSA) is 46.5 Å². The Kier molecular flexibility index (Phi) is 1.93. The second-order valence-corrected chi connectivity index (χ2v) is 3.16. The summed E-state index contributed by atoms with van der Waals surface area (Å²) >= 11 is 0. The predicted octanol–water partition coefficient (Wildman–Crippen LogP) is 1.49. The predicted molar refractivity (Wildman–Crippen MR) is 47.0 cm³/mol. The van der Waals surface area contributed by atoms with Crippen LogP contribution in [-0.2, 0) is 9.53 Å². The summed E-state index contributed by atoms with van der Waals surface area (Å²) in [6.07, 6.45) is 9.28. The van der Waals surface area contributed by atoms with Crippen molar-refractivity contribution < 1.29 is 14.6 Å². The van der Waals surface area contributed by atoms with Gasteiger partial charge in [0.05, 0.1) is 12.7 Å². The van der Waals surface area contributed by atoms with E-state index >= 15 is 0 Å². The van der Waals surface area contributed by atoms with Crippen molar-refractivity contribution in [2.45, 2.75) is 12.5 Å². The van der Waals surface area contributed by atoms with Crippen LogP contribution in [0, 0.1) is 5.92 Å². The lowest BCUT2D eigenvalue weighted by atomic mass is 9.90. The molecule has 3 nitrogen and oxygen atoms in total. The first-order valence-electron chi connectivity index (χ1n) is 4.18. The molecular weight excluding hydrogens is 168 g/mol. The minimum absolute atomic E-state index is 0.0627. The Morgan fingerprint density at radius 2 is 2.38 bits per heavy atom. The minimum atomic E-state index is -0.809. The number of carboxylic acids is 1. The first-order valence-corrected chi connectivity index (χ1v) is 4.18. The van der Waals surface area contributed by atoms with Gasteiger partial charge in [-0.25, -0.2) is 0 Å². The Labute approximate surface area is 76.0 Å². The first kappa shape index (κ1) is 8.10. The fourth-order valence-corrected chi connectivity index (χ4v) is 1.65. The molecule has 0 saturated heterocycles. The number of fused-ring (bicyclic) bond motifs is 1. The Bertz CT molecular complexity index is 312. The van der Waals surface area contributed by atoms with Crippen LogP contribution in [0.25, 0.3) is 0 Å². The normalized spacial score (nSPS) is 29.4. The highest BCUT2D eigenvalue weighted by molar-refractivity contribution is 5.70. The summed E-state index contributed by atoms with van der Waals surface area (Å²) in [4.78, 5) is 10.5. The summed E-state index contributed by atoms with van der Waals surface area (Å²) in [5.74, 6) is -0.588. The van der Waals surface area contributed by atoms with Crippen molar-refractivity contribution in [3.05, 3.63) is 36.1 Å². The molecule has 0 saturated carbocycles. The highest BCUT2D eigenvalue weighted by atomic mass is 16.5. The van der Waals surface area contributed by atoms with Crippen molar-refractivity contribution in [1.82, 2.24) is 0 Å². The number of carbonyl (C=O) groups is 1. The standard InChI is InChI=1S/C10H10O3/c11-9(12)6-8-3-1-2-7-4-5-13-10(7)8/h1-5,7,10H,6H2,(H,11,12). The molecule has 13 heavy (non-hydrogen) atoms. The van der Waals surface area contributed by atoms with Crippen LogP contribution in [0.15, 0.2) is 36.1 Å². The van der Waals surface area contributed by atoms with E-state index in [2.05, 4.69) is 0 Å². The number of hydrogen-bond acceptors (Lipinski definition) is 2. The van der Waals surface area contributed by atoms with Crippen molar-refractivity contribution in [1.29, 1.82) is 0 Å². The van der Waals surface area contributed by atoms with E-state index in [1.807, 2.05) is 24.3 Å². The smallest absolute Gasteiger partial charge is 0.307 e. The molecule has 0 aromatic rings. The summed E-state index contributed by atoms with van der Waals surface area (Å²) in [6, 6.07) is 0. The lowest BCUT2D eigenvalue weighted by molar-refractivity contribution is -0.136. The van der Waals surface area contributed by atoms with Gasteiger partial charge in [-0.15, -0.1) is 0 Å². The lowest BCUT2D eigenvalue weighted by Crippen LogP contribution is -2.21. The van der Waals surface area contributed by atoms with Crippen molar-refractivity contribution in [2.75, 3.05) is 0 Å². The van der Waals surface area contributed by atoms with Gasteiger partial charge in [0, 0.05) is 5.92 Å². The van der Waals surface area contributed by atoms with Gasteiger partial charge < -0.3 is 9.84 Å². The number of aliphatic carboxylic acids is 1. The molecule has 1 N–H and O–H groups in total. The van der Waals surface area contributed by atoms with Gasteiger partial charge in [-0.1, -0.05) is 18.2 Å². The van der Waals surface area contributed by atoms with E-state index in [1.54, 1.807) is 6.26 Å². The third-order valence-corrected chi connectivity index (χ3v) is 2.24. The highest BCUT2D eigenvalue weighted by Crippen LogP contribution is 2.30. The minimum Gasteiger partial charge on any atom is -0.493 e. The van der Waals surface area contributed by atoms with Gasteiger partial charge in [0.1, 0.15) is 6.10 Å². The second kappa shape index (κ2) is 3.09. The molecule has 0 amide bonds. The average molecular weight is 178 g/mol. The number of hydrogen-bond donors (Lipinski definition) is 1. The Morgan fingerprint density at radius 3 is 3.15 bits per heavy atom. The molecule has 0 radical (unpaired) electrons. The zero-order chi connectivity index (χ0) is 9.26. The van der Waals surface area contributed by atoms with E-state index in [9.17, 15) is 4.79 Å². The summed E-state index contributed by atoms with van der Waals surface area (Å²) in [5, 5.41) is 8.64. The number of allylic oxidation sites excluding steroid dienone is 2. The Hall–Kier alpha value is -1.51. The first-order chi connectivity index (χ1) is 6.27. The molecule has 2 unspecified atom stereocenters. The Balaban J connectivity index is 2.14. The van der Waals surface area contributed by atoms with E-state index in [0.717, 1.165) is 5.57 Å². The molecule has 2 atom stereocenters. The maximum atomic E-state index is 10.5. The maximum Gasteiger partial charge on any atom is 0.307 e. The fraction of sp³-hybridized carbons (Fsp3) is 0.300. The number of ether oxygens (including phenoxy) is 1. The van der Waals surface area contributed by atoms with Crippen LogP contribution < -0.4 is 0 Å². The average Bonchev–Trinajstić information content (AvgIpc) is 2.51. The molecule has 0 spiro atoms. The molecule has 0 aromatic carbocycles. The van der Waals surface area contributed by atoms with Gasteiger partial charge in [-0.2, -0.15) is 0 Å². The van der Waals surface area contributed by atoms with Crippen molar-refractivity contribution >= 4 is 5.97 Å². The van der Waals surface area contributed by atoms with Crippen LogP contribution in [0.4, 0.5) is 0 Å². The summed E-state index contributed by atoms with van der Waals surface area (Å²) in [6.45, 7) is 0. The molecule has 68 valence electrons. The van der Waals surface area contributed by atoms with Crippen LogP contribution in [0.2, 0.25) is 0 Å². The molecule has 0 aromatic heterocycles. The third-order valence-electron chi connectivity index (χ3n) is 2.24. The lowest BCUT2D eigenvalue weighted by Gasteiger charge is -2.21. The molecule has 1 heterocycles. The van der Waals surface area contributed by atoms with Gasteiger partial charge in [-0.05, 0) is 11.6 Å². The Morgan fingerprint density at radius 1 is 1.54 bits per heavy atom. The largest absolute Gasteiger partial charge is 0.493 e. The number of rotatable bonds is 2. The van der Waals surface area contributed by atoms with Crippen LogP contribution in [0.1, 0.15) is 6.42 Å². The molecule has 3 heteroatoms. The van der Waals surface area contributed by atoms with E-state index in [0.29, 0.717) is 0 Å². The molecular formula is C10H10O3. The second-order valence-electron chi connectivity index (χ2n) is 3.16. The summed E-state index contributed by atoms with van der Waals surface area (Å²) < 4.78 is 5.31. The van der Waals surface area contributed by atoms with Crippen LogP contribution in [-0.4, -0.2) is 17.2 Å². The molecule has 0 bridgehead atoms. The molecule has 1 aliphatic carbocycles. The van der Waals surface area contributed by atoms with Crippen molar-refractivity contribution in [2.24, 2.45) is 5.92 Å². The van der Waals surface area contributed by atoms with Gasteiger partial charge in [-0.3, -0.25) is 4.79 Å². The SMILES string of the molecule is O=C(O)CC1=CC=CC2C=COC12. The van der Waals surface area contributed by atoms with Gasteiger partial charge in [0.2, 0.25) is 0 Å². The third kappa shape index (κ3) is 1.49. The zero-order valence-corrected chi connectivity index (χ0v) is 7.01. The van der Waals surface area contributed by atoms with Crippen LogP contribution >= 0.6 is 0 Å². The van der Waals surface area contributed by atoms with Gasteiger partial charge >= 0.3 is 5.97 Å². The van der Waals surface area contributed by atoms with Gasteiger partial charge in [0.25, 0.3) is 0 Å². The molecule has 2 aliphatic rings. The number of carboxylic acid groups (broad SMARTS) is 1. The highest BCUT2D eigenvalue weighted by Gasteiger charge is 2.28. The monoisotopic (exact) mass is 178 g/mol. The van der Waals surface area contributed by atoms with Crippen LogP contribution in [0.3, 0.4) is 0 Å². The van der Waals surface area contributed by atoms with E-state index in [1.165, 1.54) is 0 Å². The summed E-state index contributed by atoms with van der Waals surface area (Å²) in [7, 11) is 0. The zero-order valence-electron chi connectivity index (χ0n) is 7.01. The van der Waals surface area contributed by atoms with Gasteiger partial charge in [0.15, 0.2) is 0 Å². The molecule has 1 aliphatic heterocycles. The summed E-state index contributed by atoms with van der Waals surface area (Å²) in [5.41, 5.74) is 0.838. The fourth-order valence-electron chi connectivity index (χ4n) is 1.65. The van der Waals surface area contributed by atoms with Crippen molar-refractivity contribution in [3.63, 3.8) is 0 Å². The van der Waals surface area contributed by atoms with Crippen LogP contribution in [0.5, 0.6) is 0 Å². The molecule has 0 fully saturated rings. The van der Waals surface area contributed by atoms with E-state index in [-0.39, 0.29) is 18.4 Å². The maximum absolute atomic E-state index is 10.5. The van der Waals surface area contributed by atoms with E-state index < -0.39 is 5.97 Å².